The lowest BCUT2D eigenvalue weighted by molar-refractivity contribution is 0.0605. The van der Waals surface area contributed by atoms with Crippen molar-refractivity contribution in [3.63, 3.8) is 0 Å². The van der Waals surface area contributed by atoms with Crippen LogP contribution in [0, 0.1) is 0 Å². The fourth-order valence-electron chi connectivity index (χ4n) is 4.76. The third kappa shape index (κ3) is 5.18. The smallest absolute Gasteiger partial charge is 0.348 e. The van der Waals surface area contributed by atoms with Gasteiger partial charge in [0.1, 0.15) is 15.5 Å². The van der Waals surface area contributed by atoms with Crippen molar-refractivity contribution in [2.75, 3.05) is 13.7 Å². The summed E-state index contributed by atoms with van der Waals surface area (Å²) in [4.78, 5) is 36.1. The van der Waals surface area contributed by atoms with Gasteiger partial charge in [0.05, 0.1) is 25.1 Å². The Morgan fingerprint density at radius 3 is 2.67 bits per heavy atom. The van der Waals surface area contributed by atoms with Gasteiger partial charge in [0, 0.05) is 12.6 Å². The number of rotatable bonds is 8. The summed E-state index contributed by atoms with van der Waals surface area (Å²) in [5.74, 6) is 0.115. The lowest BCUT2D eigenvalue weighted by Crippen LogP contribution is -2.39. The Morgan fingerprint density at radius 1 is 1.27 bits per heavy atom. The number of nitrogens with one attached hydrogen (secondary N) is 1. The van der Waals surface area contributed by atoms with E-state index in [-0.39, 0.29) is 5.56 Å². The molecule has 2 aromatic heterocycles. The minimum atomic E-state index is -0.622. The average molecular weight is 470 g/mol. The van der Waals surface area contributed by atoms with E-state index >= 15 is 0 Å². The van der Waals surface area contributed by atoms with Gasteiger partial charge in [-0.2, -0.15) is 0 Å². The summed E-state index contributed by atoms with van der Waals surface area (Å²) in [5, 5.41) is 11.4. The highest BCUT2D eigenvalue weighted by Gasteiger charge is 2.26. The van der Waals surface area contributed by atoms with Crippen molar-refractivity contribution in [3.8, 4) is 0 Å². The normalized spacial score (nSPS) is 15.8. The van der Waals surface area contributed by atoms with Gasteiger partial charge >= 0.3 is 5.97 Å². The molecule has 8 heteroatoms. The van der Waals surface area contributed by atoms with Crippen molar-refractivity contribution in [3.05, 3.63) is 62.5 Å². The number of hydrogen-bond donors (Lipinski definition) is 2. The zero-order chi connectivity index (χ0) is 23.4. The number of aromatic nitrogens is 2. The molecule has 3 aromatic rings. The number of esters is 1. The summed E-state index contributed by atoms with van der Waals surface area (Å²) in [5.41, 5.74) is 1.33. The molecule has 0 bridgehead atoms. The fourth-order valence-corrected chi connectivity index (χ4v) is 5.97. The second-order valence-electron chi connectivity index (χ2n) is 8.60. The largest absolute Gasteiger partial charge is 0.465 e. The van der Waals surface area contributed by atoms with Gasteiger partial charge in [-0.25, -0.2) is 9.78 Å². The number of aliphatic hydroxyl groups excluding tert-OH is 1. The van der Waals surface area contributed by atoms with Crippen LogP contribution in [-0.2, 0) is 17.7 Å². The van der Waals surface area contributed by atoms with Gasteiger partial charge in [-0.15, -0.1) is 11.3 Å². The van der Waals surface area contributed by atoms with E-state index in [2.05, 4.69) is 9.88 Å². The van der Waals surface area contributed by atoms with Gasteiger partial charge in [0.15, 0.2) is 0 Å². The second kappa shape index (κ2) is 10.6. The van der Waals surface area contributed by atoms with Crippen LogP contribution in [-0.4, -0.2) is 45.6 Å². The van der Waals surface area contributed by atoms with Crippen LogP contribution in [0.5, 0.6) is 0 Å². The molecular formula is C25H31N3O4S. The number of H-pyrrole nitrogens is 1. The van der Waals surface area contributed by atoms with Gasteiger partial charge in [-0.1, -0.05) is 56.5 Å². The first-order chi connectivity index (χ1) is 16.0. The van der Waals surface area contributed by atoms with Crippen molar-refractivity contribution >= 4 is 27.5 Å². The van der Waals surface area contributed by atoms with Gasteiger partial charge in [-0.05, 0) is 30.4 Å². The molecule has 4 rings (SSSR count). The number of aliphatic hydroxyl groups is 1. The highest BCUT2D eigenvalue weighted by molar-refractivity contribution is 7.20. The Labute approximate surface area is 197 Å². The highest BCUT2D eigenvalue weighted by Crippen LogP contribution is 2.30. The average Bonchev–Trinajstić information content (AvgIpc) is 3.23. The number of fused-ring (bicyclic) bond motifs is 1. The SMILES string of the molecule is CCc1c(C(=O)OC)sc2nc(CN(CC(O)c3ccccc3)C3CCCCC3)[nH]c(=O)c12. The van der Waals surface area contributed by atoms with Crippen LogP contribution in [0.3, 0.4) is 0 Å². The molecule has 176 valence electrons. The predicted octanol–water partition coefficient (Wildman–Crippen LogP) is 4.20. The molecule has 1 unspecified atom stereocenters. The molecule has 1 aliphatic rings. The number of carbonyl (C=O) groups is 1. The number of hydrogen-bond acceptors (Lipinski definition) is 7. The number of ether oxygens (including phenoxy) is 1. The van der Waals surface area contributed by atoms with Gasteiger partial charge in [-0.3, -0.25) is 9.69 Å². The van der Waals surface area contributed by atoms with Crippen molar-refractivity contribution in [2.24, 2.45) is 0 Å². The molecule has 0 amide bonds. The first-order valence-electron chi connectivity index (χ1n) is 11.6. The molecule has 0 aliphatic heterocycles. The monoisotopic (exact) mass is 469 g/mol. The zero-order valence-corrected chi connectivity index (χ0v) is 20.0. The van der Waals surface area contributed by atoms with Crippen molar-refractivity contribution in [1.82, 2.24) is 14.9 Å². The molecule has 0 spiro atoms. The summed E-state index contributed by atoms with van der Waals surface area (Å²) in [6, 6.07) is 9.99. The van der Waals surface area contributed by atoms with E-state index in [1.165, 1.54) is 37.7 Å². The maximum atomic E-state index is 13.0. The summed E-state index contributed by atoms with van der Waals surface area (Å²) in [7, 11) is 1.34. The maximum absolute atomic E-state index is 13.0. The Balaban J connectivity index is 1.65. The van der Waals surface area contributed by atoms with Crippen LogP contribution in [0.15, 0.2) is 35.1 Å². The Morgan fingerprint density at radius 2 is 2.00 bits per heavy atom. The number of aryl methyl sites for hydroxylation is 1. The predicted molar refractivity (Wildman–Crippen MR) is 130 cm³/mol. The molecule has 0 saturated heterocycles. The fraction of sp³-hybridized carbons (Fsp3) is 0.480. The Hall–Kier alpha value is -2.55. The molecule has 0 radical (unpaired) electrons. The molecular weight excluding hydrogens is 438 g/mol. The summed E-state index contributed by atoms with van der Waals surface area (Å²) in [6.07, 6.45) is 5.63. The van der Waals surface area contributed by atoms with E-state index in [0.29, 0.717) is 52.0 Å². The van der Waals surface area contributed by atoms with Crippen molar-refractivity contribution < 1.29 is 14.6 Å². The summed E-state index contributed by atoms with van der Waals surface area (Å²) in [6.45, 7) is 2.82. The highest BCUT2D eigenvalue weighted by atomic mass is 32.1. The van der Waals surface area contributed by atoms with E-state index in [1.54, 1.807) is 0 Å². The van der Waals surface area contributed by atoms with E-state index in [4.69, 9.17) is 9.72 Å². The van der Waals surface area contributed by atoms with Crippen LogP contribution in [0.25, 0.3) is 10.2 Å². The molecule has 1 aromatic carbocycles. The lowest BCUT2D eigenvalue weighted by atomic mass is 9.93. The second-order valence-corrected chi connectivity index (χ2v) is 9.59. The van der Waals surface area contributed by atoms with Gasteiger partial charge in [0.2, 0.25) is 0 Å². The number of carbonyl (C=O) groups excluding carboxylic acids is 1. The van der Waals surface area contributed by atoms with Crippen molar-refractivity contribution in [1.29, 1.82) is 0 Å². The first-order valence-corrected chi connectivity index (χ1v) is 12.4. The number of thiophene rings is 1. The quantitative estimate of drug-likeness (QED) is 0.480. The Kier molecular flexibility index (Phi) is 7.57. The van der Waals surface area contributed by atoms with Crippen molar-refractivity contribution in [2.45, 2.75) is 64.1 Å². The zero-order valence-electron chi connectivity index (χ0n) is 19.2. The number of methoxy groups -OCH3 is 1. The molecule has 1 saturated carbocycles. The topological polar surface area (TPSA) is 95.5 Å². The number of nitrogens with zero attached hydrogens (tertiary/aromatic N) is 2. The first kappa shape index (κ1) is 23.6. The van der Waals surface area contributed by atoms with E-state index in [9.17, 15) is 14.7 Å². The van der Waals surface area contributed by atoms with Gasteiger partial charge < -0.3 is 14.8 Å². The Bertz CT molecular complexity index is 1150. The van der Waals surface area contributed by atoms with Crippen LogP contribution >= 0.6 is 11.3 Å². The molecule has 1 aliphatic carbocycles. The molecule has 1 fully saturated rings. The third-order valence-electron chi connectivity index (χ3n) is 6.47. The molecule has 33 heavy (non-hydrogen) atoms. The number of aromatic amines is 1. The molecule has 1 atom stereocenters. The van der Waals surface area contributed by atoms with Gasteiger partial charge in [0.25, 0.3) is 5.56 Å². The lowest BCUT2D eigenvalue weighted by Gasteiger charge is -2.35. The third-order valence-corrected chi connectivity index (χ3v) is 7.58. The van der Waals surface area contributed by atoms with E-state index in [1.807, 2.05) is 37.3 Å². The molecule has 2 N–H and O–H groups in total. The van der Waals surface area contributed by atoms with Crippen LogP contribution in [0.4, 0.5) is 0 Å². The van der Waals surface area contributed by atoms with E-state index < -0.39 is 12.1 Å². The summed E-state index contributed by atoms with van der Waals surface area (Å²) >= 11 is 1.21. The van der Waals surface area contributed by atoms with Crippen LogP contribution in [0.2, 0.25) is 0 Å². The van der Waals surface area contributed by atoms with E-state index in [0.717, 1.165) is 18.4 Å². The van der Waals surface area contributed by atoms with Crippen LogP contribution < -0.4 is 5.56 Å². The minimum absolute atomic E-state index is 0.231. The summed E-state index contributed by atoms with van der Waals surface area (Å²) < 4.78 is 4.90. The maximum Gasteiger partial charge on any atom is 0.348 e. The molecule has 2 heterocycles. The number of benzene rings is 1. The minimum Gasteiger partial charge on any atom is -0.465 e. The molecule has 7 nitrogen and oxygen atoms in total. The standard InChI is InChI=1S/C25H31N3O4S/c1-3-18-21-23(30)26-20(27-24(21)33-22(18)25(31)32-2)15-28(17-12-8-5-9-13-17)14-19(29)16-10-6-4-7-11-16/h4,6-7,10-11,17,19,29H,3,5,8-9,12-15H2,1-2H3,(H,26,27,30). The van der Waals surface area contributed by atoms with Crippen LogP contribution in [0.1, 0.15) is 71.8 Å².